The van der Waals surface area contributed by atoms with Crippen molar-refractivity contribution in [3.63, 3.8) is 0 Å². The first-order chi connectivity index (χ1) is 9.77. The van der Waals surface area contributed by atoms with Crippen molar-refractivity contribution < 1.29 is 14.7 Å². The highest BCUT2D eigenvalue weighted by atomic mass is 16.4. The number of carbonyl (C=O) groups is 2. The van der Waals surface area contributed by atoms with Crippen molar-refractivity contribution in [1.82, 2.24) is 24.8 Å². The summed E-state index contributed by atoms with van der Waals surface area (Å²) in [5, 5.41) is 15.9. The Labute approximate surface area is 123 Å². The first-order valence-corrected chi connectivity index (χ1v) is 6.93. The van der Waals surface area contributed by atoms with Gasteiger partial charge in [0.05, 0.1) is 6.20 Å². The fraction of sp³-hybridized carbons (Fsp3) is 0.692. The minimum absolute atomic E-state index is 0.0236. The molecule has 1 N–H and O–H groups in total. The molecule has 0 aliphatic carbocycles. The van der Waals surface area contributed by atoms with Gasteiger partial charge in [-0.2, -0.15) is 0 Å². The number of piperazine rings is 1. The van der Waals surface area contributed by atoms with Crippen molar-refractivity contribution in [3.8, 4) is 0 Å². The van der Waals surface area contributed by atoms with Gasteiger partial charge in [0, 0.05) is 31.7 Å². The predicted molar refractivity (Wildman–Crippen MR) is 74.9 cm³/mol. The Morgan fingerprint density at radius 3 is 2.33 bits per heavy atom. The lowest BCUT2D eigenvalue weighted by atomic mass is 10.1. The van der Waals surface area contributed by atoms with Crippen LogP contribution in [-0.2, 0) is 11.3 Å². The predicted octanol–water partition coefficient (Wildman–Crippen LogP) is -0.0810. The van der Waals surface area contributed by atoms with E-state index in [0.717, 1.165) is 13.1 Å². The molecule has 21 heavy (non-hydrogen) atoms. The number of hydrogen-bond acceptors (Lipinski definition) is 5. The minimum Gasteiger partial charge on any atom is -0.476 e. The molecule has 0 atom stereocenters. The maximum absolute atomic E-state index is 12.2. The molecule has 1 aliphatic heterocycles. The van der Waals surface area contributed by atoms with E-state index in [2.05, 4.69) is 36.0 Å². The zero-order valence-electron chi connectivity index (χ0n) is 12.6. The molecule has 1 aliphatic rings. The summed E-state index contributed by atoms with van der Waals surface area (Å²) in [4.78, 5) is 27.0. The SMILES string of the molecule is CC(C)(C)N1CCN(C(=O)Cn2cc(C(=O)O)nn2)CC1. The van der Waals surface area contributed by atoms with E-state index in [0.29, 0.717) is 13.1 Å². The van der Waals surface area contributed by atoms with Gasteiger partial charge in [-0.15, -0.1) is 5.10 Å². The zero-order chi connectivity index (χ0) is 15.6. The van der Waals surface area contributed by atoms with Crippen LogP contribution in [0.4, 0.5) is 0 Å². The van der Waals surface area contributed by atoms with Gasteiger partial charge in [0.1, 0.15) is 6.54 Å². The summed E-state index contributed by atoms with van der Waals surface area (Å²) >= 11 is 0. The molecule has 1 saturated heterocycles. The average molecular weight is 295 g/mol. The van der Waals surface area contributed by atoms with E-state index in [9.17, 15) is 9.59 Å². The van der Waals surface area contributed by atoms with Crippen LogP contribution in [0, 0.1) is 0 Å². The van der Waals surface area contributed by atoms with Gasteiger partial charge in [-0.05, 0) is 20.8 Å². The number of carboxylic acids is 1. The van der Waals surface area contributed by atoms with E-state index in [1.165, 1.54) is 10.9 Å². The third kappa shape index (κ3) is 3.78. The zero-order valence-corrected chi connectivity index (χ0v) is 12.6. The van der Waals surface area contributed by atoms with Crippen molar-refractivity contribution in [1.29, 1.82) is 0 Å². The fourth-order valence-electron chi connectivity index (χ4n) is 2.34. The third-order valence-corrected chi connectivity index (χ3v) is 3.64. The molecule has 2 rings (SSSR count). The fourth-order valence-corrected chi connectivity index (χ4v) is 2.34. The average Bonchev–Trinajstić information content (AvgIpc) is 2.86. The Kier molecular flexibility index (Phi) is 4.26. The summed E-state index contributed by atoms with van der Waals surface area (Å²) < 4.78 is 1.27. The molecule has 1 fully saturated rings. The van der Waals surface area contributed by atoms with Gasteiger partial charge in [0.25, 0.3) is 0 Å². The summed E-state index contributed by atoms with van der Waals surface area (Å²) in [6.07, 6.45) is 1.27. The van der Waals surface area contributed by atoms with Crippen LogP contribution in [0.5, 0.6) is 0 Å². The van der Waals surface area contributed by atoms with Crippen molar-refractivity contribution in [2.75, 3.05) is 26.2 Å². The lowest BCUT2D eigenvalue weighted by Gasteiger charge is -2.42. The second-order valence-corrected chi connectivity index (χ2v) is 6.15. The van der Waals surface area contributed by atoms with E-state index in [1.807, 2.05) is 0 Å². The van der Waals surface area contributed by atoms with Crippen LogP contribution >= 0.6 is 0 Å². The summed E-state index contributed by atoms with van der Waals surface area (Å²) in [6.45, 7) is 9.54. The van der Waals surface area contributed by atoms with E-state index in [-0.39, 0.29) is 23.7 Å². The summed E-state index contributed by atoms with van der Waals surface area (Å²) in [5.41, 5.74) is -0.0439. The molecular weight excluding hydrogens is 274 g/mol. The van der Waals surface area contributed by atoms with Crippen LogP contribution < -0.4 is 0 Å². The Bertz CT molecular complexity index is 526. The lowest BCUT2D eigenvalue weighted by molar-refractivity contribution is -0.134. The van der Waals surface area contributed by atoms with Crippen LogP contribution in [0.1, 0.15) is 31.3 Å². The number of carbonyl (C=O) groups excluding carboxylic acids is 1. The number of nitrogens with zero attached hydrogens (tertiary/aromatic N) is 5. The number of aromatic nitrogens is 3. The van der Waals surface area contributed by atoms with Gasteiger partial charge in [0.2, 0.25) is 5.91 Å². The number of amides is 1. The lowest BCUT2D eigenvalue weighted by Crippen LogP contribution is -2.55. The van der Waals surface area contributed by atoms with Crippen molar-refractivity contribution in [3.05, 3.63) is 11.9 Å². The number of hydrogen-bond donors (Lipinski definition) is 1. The maximum atomic E-state index is 12.2. The summed E-state index contributed by atoms with van der Waals surface area (Å²) in [6, 6.07) is 0. The smallest absolute Gasteiger partial charge is 0.358 e. The summed E-state index contributed by atoms with van der Waals surface area (Å²) in [5.74, 6) is -1.21. The monoisotopic (exact) mass is 295 g/mol. The normalized spacial score (nSPS) is 17.0. The first kappa shape index (κ1) is 15.4. The van der Waals surface area contributed by atoms with Crippen LogP contribution in [0.2, 0.25) is 0 Å². The van der Waals surface area contributed by atoms with Crippen molar-refractivity contribution in [2.45, 2.75) is 32.9 Å². The summed E-state index contributed by atoms with van der Waals surface area (Å²) in [7, 11) is 0. The van der Waals surface area contributed by atoms with Crippen LogP contribution in [0.25, 0.3) is 0 Å². The molecule has 0 spiro atoms. The molecule has 116 valence electrons. The second-order valence-electron chi connectivity index (χ2n) is 6.15. The van der Waals surface area contributed by atoms with E-state index >= 15 is 0 Å². The van der Waals surface area contributed by atoms with E-state index in [4.69, 9.17) is 5.11 Å². The van der Waals surface area contributed by atoms with Gasteiger partial charge in [-0.1, -0.05) is 5.21 Å². The van der Waals surface area contributed by atoms with Crippen LogP contribution in [0.3, 0.4) is 0 Å². The van der Waals surface area contributed by atoms with E-state index in [1.54, 1.807) is 4.90 Å². The Balaban J connectivity index is 1.88. The third-order valence-electron chi connectivity index (χ3n) is 3.64. The molecule has 2 heterocycles. The maximum Gasteiger partial charge on any atom is 0.358 e. The molecule has 1 amide bonds. The van der Waals surface area contributed by atoms with Gasteiger partial charge >= 0.3 is 5.97 Å². The Morgan fingerprint density at radius 2 is 1.86 bits per heavy atom. The topological polar surface area (TPSA) is 91.6 Å². The molecule has 0 saturated carbocycles. The van der Waals surface area contributed by atoms with Gasteiger partial charge in [-0.3, -0.25) is 9.69 Å². The molecule has 0 aromatic carbocycles. The van der Waals surface area contributed by atoms with Gasteiger partial charge < -0.3 is 10.0 Å². The highest BCUT2D eigenvalue weighted by molar-refractivity contribution is 5.84. The standard InChI is InChI=1S/C13H21N5O3/c1-13(2,3)17-6-4-16(5-7-17)11(19)9-18-8-10(12(20)21)14-15-18/h8H,4-7,9H2,1-3H3,(H,20,21). The second kappa shape index (κ2) is 5.80. The first-order valence-electron chi connectivity index (χ1n) is 6.93. The number of aromatic carboxylic acids is 1. The molecule has 8 nitrogen and oxygen atoms in total. The van der Waals surface area contributed by atoms with Crippen molar-refractivity contribution in [2.24, 2.45) is 0 Å². The molecule has 0 unspecified atom stereocenters. The highest BCUT2D eigenvalue weighted by Crippen LogP contribution is 2.15. The molecule has 1 aromatic rings. The molecule has 0 bridgehead atoms. The Morgan fingerprint density at radius 1 is 1.24 bits per heavy atom. The van der Waals surface area contributed by atoms with Crippen molar-refractivity contribution >= 4 is 11.9 Å². The number of rotatable bonds is 3. The van der Waals surface area contributed by atoms with Gasteiger partial charge in [-0.25, -0.2) is 9.48 Å². The molecule has 0 radical (unpaired) electrons. The molecule has 8 heteroatoms. The van der Waals surface area contributed by atoms with Gasteiger partial charge in [0.15, 0.2) is 5.69 Å². The molecule has 1 aromatic heterocycles. The van der Waals surface area contributed by atoms with E-state index < -0.39 is 5.97 Å². The Hall–Kier alpha value is -1.96. The minimum atomic E-state index is -1.15. The largest absolute Gasteiger partial charge is 0.476 e. The highest BCUT2D eigenvalue weighted by Gasteiger charge is 2.27. The molecular formula is C13H21N5O3. The number of carboxylic acid groups (broad SMARTS) is 1. The quantitative estimate of drug-likeness (QED) is 0.838. The van der Waals surface area contributed by atoms with Crippen LogP contribution in [0.15, 0.2) is 6.20 Å². The van der Waals surface area contributed by atoms with Crippen LogP contribution in [-0.4, -0.2) is 73.5 Å².